The number of ether oxygens (including phenoxy) is 1. The molecule has 0 bridgehead atoms. The van der Waals surface area contributed by atoms with E-state index in [1.807, 2.05) is 6.92 Å². The predicted octanol–water partition coefficient (Wildman–Crippen LogP) is 0.737. The van der Waals surface area contributed by atoms with Crippen molar-refractivity contribution >= 4 is 10.0 Å². The molecule has 0 saturated heterocycles. The van der Waals surface area contributed by atoms with Gasteiger partial charge in [0.15, 0.2) is 0 Å². The van der Waals surface area contributed by atoms with Crippen molar-refractivity contribution in [1.29, 1.82) is 0 Å². The molecule has 0 saturated carbocycles. The highest BCUT2D eigenvalue weighted by molar-refractivity contribution is 7.89. The van der Waals surface area contributed by atoms with Gasteiger partial charge in [-0.05, 0) is 13.8 Å². The molecular weight excluding hydrogens is 258 g/mol. The molecule has 0 fully saturated rings. The Bertz CT molecular complexity index is 480. The molecule has 1 aromatic rings. The molecule has 7 heteroatoms. The Morgan fingerprint density at radius 1 is 1.50 bits per heavy atom. The van der Waals surface area contributed by atoms with Crippen molar-refractivity contribution in [3.63, 3.8) is 0 Å². The fourth-order valence-electron chi connectivity index (χ4n) is 1.48. The topological polar surface area (TPSA) is 80.0 Å². The van der Waals surface area contributed by atoms with Gasteiger partial charge in [0, 0.05) is 26.3 Å². The number of nitrogens with zero attached hydrogens (tertiary/aromatic N) is 1. The van der Waals surface area contributed by atoms with Crippen LogP contribution in [0.1, 0.15) is 18.4 Å². The van der Waals surface area contributed by atoms with Crippen molar-refractivity contribution in [2.75, 3.05) is 26.8 Å². The predicted molar refractivity (Wildman–Crippen MR) is 65.7 cm³/mol. The second-order valence-corrected chi connectivity index (χ2v) is 5.83. The summed E-state index contributed by atoms with van der Waals surface area (Å²) in [6.45, 7) is 4.25. The minimum Gasteiger partial charge on any atom is -0.462 e. The summed E-state index contributed by atoms with van der Waals surface area (Å²) < 4.78 is 35.9. The molecular formula is C11H19NO5S. The van der Waals surface area contributed by atoms with Gasteiger partial charge in [-0.1, -0.05) is 0 Å². The first-order valence-corrected chi connectivity index (χ1v) is 7.11. The van der Waals surface area contributed by atoms with Gasteiger partial charge in [0.05, 0.1) is 6.61 Å². The molecule has 0 amide bonds. The van der Waals surface area contributed by atoms with E-state index in [0.29, 0.717) is 13.2 Å². The third kappa shape index (κ3) is 3.32. The van der Waals surface area contributed by atoms with Crippen molar-refractivity contribution in [3.8, 4) is 0 Å². The molecule has 0 radical (unpaired) electrons. The lowest BCUT2D eigenvalue weighted by atomic mass is 10.4. The highest BCUT2D eigenvalue weighted by Gasteiger charge is 2.25. The van der Waals surface area contributed by atoms with E-state index in [9.17, 15) is 8.42 Å². The van der Waals surface area contributed by atoms with E-state index in [2.05, 4.69) is 0 Å². The molecule has 6 nitrogen and oxygen atoms in total. The van der Waals surface area contributed by atoms with E-state index in [4.69, 9.17) is 14.3 Å². The number of rotatable bonds is 7. The van der Waals surface area contributed by atoms with E-state index in [1.165, 1.54) is 17.4 Å². The minimum absolute atomic E-state index is 0.0885. The maximum atomic E-state index is 12.2. The maximum Gasteiger partial charge on any atom is 0.246 e. The quantitative estimate of drug-likeness (QED) is 0.743. The van der Waals surface area contributed by atoms with Crippen LogP contribution in [0.3, 0.4) is 0 Å². The van der Waals surface area contributed by atoms with Gasteiger partial charge in [-0.25, -0.2) is 8.42 Å². The molecule has 1 N–H and O–H groups in total. The Morgan fingerprint density at radius 3 is 2.67 bits per heavy atom. The lowest BCUT2D eigenvalue weighted by Gasteiger charge is -2.16. The molecule has 1 aromatic heterocycles. The van der Waals surface area contributed by atoms with Crippen LogP contribution in [0.4, 0.5) is 0 Å². The molecule has 18 heavy (non-hydrogen) atoms. The molecule has 0 spiro atoms. The second kappa shape index (κ2) is 6.33. The van der Waals surface area contributed by atoms with Crippen LogP contribution in [0.2, 0.25) is 0 Å². The molecule has 0 atom stereocenters. The van der Waals surface area contributed by atoms with Crippen LogP contribution >= 0.6 is 0 Å². The van der Waals surface area contributed by atoms with Crippen LogP contribution in [-0.4, -0.2) is 44.6 Å². The molecule has 0 aliphatic heterocycles. The largest absolute Gasteiger partial charge is 0.462 e. The van der Waals surface area contributed by atoms with Crippen molar-refractivity contribution < 1.29 is 22.7 Å². The smallest absolute Gasteiger partial charge is 0.246 e. The highest BCUT2D eigenvalue weighted by atomic mass is 32.2. The normalized spacial score (nSPS) is 12.3. The Balaban J connectivity index is 2.87. The van der Waals surface area contributed by atoms with Crippen LogP contribution in [0.25, 0.3) is 0 Å². The Kier molecular flexibility index (Phi) is 5.33. The summed E-state index contributed by atoms with van der Waals surface area (Å²) >= 11 is 0. The number of hydrogen-bond acceptors (Lipinski definition) is 5. The second-order valence-electron chi connectivity index (χ2n) is 3.81. The van der Waals surface area contributed by atoms with Gasteiger partial charge < -0.3 is 14.3 Å². The fourth-order valence-corrected chi connectivity index (χ4v) is 2.82. The number of aryl methyl sites for hydroxylation is 1. The summed E-state index contributed by atoms with van der Waals surface area (Å²) in [5.41, 5.74) is 0. The van der Waals surface area contributed by atoms with E-state index >= 15 is 0 Å². The summed E-state index contributed by atoms with van der Waals surface area (Å²) in [7, 11) is -2.11. The number of furan rings is 1. The Hall–Kier alpha value is -0.890. The lowest BCUT2D eigenvalue weighted by molar-refractivity contribution is 0.138. The molecule has 1 rings (SSSR count). The summed E-state index contributed by atoms with van der Waals surface area (Å²) in [4.78, 5) is 0.0885. The maximum absolute atomic E-state index is 12.2. The monoisotopic (exact) mass is 277 g/mol. The standard InChI is InChI=1S/C11H19NO5S/c1-4-16-6-5-12(3)18(14,15)11-7-10(8-13)17-9(11)2/h7,13H,4-6,8H2,1-3H3. The van der Waals surface area contributed by atoms with Crippen LogP contribution in [0.15, 0.2) is 15.4 Å². The summed E-state index contributed by atoms with van der Waals surface area (Å²) in [6, 6.07) is 1.35. The van der Waals surface area contributed by atoms with Gasteiger partial charge in [0.1, 0.15) is 23.0 Å². The average Bonchev–Trinajstić information content (AvgIpc) is 2.71. The SMILES string of the molecule is CCOCCN(C)S(=O)(=O)c1cc(CO)oc1C. The van der Waals surface area contributed by atoms with Gasteiger partial charge in [0.25, 0.3) is 0 Å². The third-order valence-corrected chi connectivity index (χ3v) is 4.49. The summed E-state index contributed by atoms with van der Waals surface area (Å²) in [6.07, 6.45) is 0. The first-order valence-electron chi connectivity index (χ1n) is 5.67. The minimum atomic E-state index is -3.59. The van der Waals surface area contributed by atoms with Crippen molar-refractivity contribution in [2.45, 2.75) is 25.3 Å². The van der Waals surface area contributed by atoms with E-state index in [-0.39, 0.29) is 29.6 Å². The van der Waals surface area contributed by atoms with Crippen molar-refractivity contribution in [3.05, 3.63) is 17.6 Å². The zero-order valence-electron chi connectivity index (χ0n) is 10.8. The molecule has 0 unspecified atom stereocenters. The summed E-state index contributed by atoms with van der Waals surface area (Å²) in [5.74, 6) is 0.520. The highest BCUT2D eigenvalue weighted by Crippen LogP contribution is 2.22. The van der Waals surface area contributed by atoms with Crippen molar-refractivity contribution in [2.24, 2.45) is 0 Å². The van der Waals surface area contributed by atoms with Gasteiger partial charge >= 0.3 is 0 Å². The van der Waals surface area contributed by atoms with Gasteiger partial charge in [-0.2, -0.15) is 4.31 Å². The molecule has 0 aliphatic rings. The number of sulfonamides is 1. The van der Waals surface area contributed by atoms with Gasteiger partial charge in [-0.3, -0.25) is 0 Å². The Labute approximate surface area is 107 Å². The van der Waals surface area contributed by atoms with Crippen LogP contribution in [0, 0.1) is 6.92 Å². The van der Waals surface area contributed by atoms with Gasteiger partial charge in [0.2, 0.25) is 10.0 Å². The lowest BCUT2D eigenvalue weighted by Crippen LogP contribution is -2.30. The zero-order valence-corrected chi connectivity index (χ0v) is 11.7. The zero-order chi connectivity index (χ0) is 13.8. The van der Waals surface area contributed by atoms with Crippen LogP contribution in [0.5, 0.6) is 0 Å². The van der Waals surface area contributed by atoms with Crippen LogP contribution in [-0.2, 0) is 21.4 Å². The van der Waals surface area contributed by atoms with E-state index in [1.54, 1.807) is 6.92 Å². The number of aliphatic hydroxyl groups is 1. The molecule has 0 aromatic carbocycles. The molecule has 0 aliphatic carbocycles. The number of likely N-dealkylation sites (N-methyl/N-ethyl adjacent to an activating group) is 1. The van der Waals surface area contributed by atoms with Crippen molar-refractivity contribution in [1.82, 2.24) is 4.31 Å². The summed E-state index contributed by atoms with van der Waals surface area (Å²) in [5, 5.41) is 8.93. The Morgan fingerprint density at radius 2 is 2.17 bits per heavy atom. The number of aliphatic hydroxyl groups excluding tert-OH is 1. The van der Waals surface area contributed by atoms with E-state index in [0.717, 1.165) is 0 Å². The van der Waals surface area contributed by atoms with Gasteiger partial charge in [-0.15, -0.1) is 0 Å². The molecule has 104 valence electrons. The van der Waals surface area contributed by atoms with E-state index < -0.39 is 10.0 Å². The fraction of sp³-hybridized carbons (Fsp3) is 0.636. The average molecular weight is 277 g/mol. The van der Waals surface area contributed by atoms with Crippen LogP contribution < -0.4 is 0 Å². The number of hydrogen-bond donors (Lipinski definition) is 1. The first-order chi connectivity index (χ1) is 8.43. The first kappa shape index (κ1) is 15.2. The molecule has 1 heterocycles. The third-order valence-electron chi connectivity index (χ3n) is 2.52.